The number of carbonyl (C=O) groups is 2. The number of amides is 2. The van der Waals surface area contributed by atoms with E-state index in [2.05, 4.69) is 5.32 Å². The van der Waals surface area contributed by atoms with Gasteiger partial charge in [-0.15, -0.1) is 0 Å². The Labute approximate surface area is 124 Å². The van der Waals surface area contributed by atoms with Crippen LogP contribution in [0.25, 0.3) is 0 Å². The normalized spacial score (nSPS) is 14.8. The van der Waals surface area contributed by atoms with Gasteiger partial charge in [-0.2, -0.15) is 0 Å². The van der Waals surface area contributed by atoms with Gasteiger partial charge in [-0.1, -0.05) is 18.2 Å². The van der Waals surface area contributed by atoms with Crippen molar-refractivity contribution < 1.29 is 14.7 Å². The summed E-state index contributed by atoms with van der Waals surface area (Å²) in [6.45, 7) is 3.02. The maximum atomic E-state index is 12.1. The number of hydrogen-bond acceptors (Lipinski definition) is 4. The van der Waals surface area contributed by atoms with Gasteiger partial charge in [0.1, 0.15) is 5.75 Å². The summed E-state index contributed by atoms with van der Waals surface area (Å²) in [5.41, 5.74) is 0.573. The molecule has 1 aliphatic heterocycles. The summed E-state index contributed by atoms with van der Waals surface area (Å²) in [5.74, 6) is -0.114. The van der Waals surface area contributed by atoms with E-state index in [1.807, 2.05) is 0 Å². The highest BCUT2D eigenvalue weighted by Crippen LogP contribution is 2.16. The molecule has 1 saturated heterocycles. The van der Waals surface area contributed by atoms with Crippen LogP contribution >= 0.6 is 0 Å². The van der Waals surface area contributed by atoms with Crippen molar-refractivity contribution in [2.45, 2.75) is 6.42 Å². The predicted octanol–water partition coefficient (Wildman–Crippen LogP) is -0.175. The van der Waals surface area contributed by atoms with Crippen LogP contribution in [0, 0.1) is 0 Å². The number of nitrogens with zero attached hydrogens (tertiary/aromatic N) is 2. The Balaban J connectivity index is 1.87. The summed E-state index contributed by atoms with van der Waals surface area (Å²) in [6.07, 6.45) is 0.0952. The lowest BCUT2D eigenvalue weighted by Gasteiger charge is -2.29. The summed E-state index contributed by atoms with van der Waals surface area (Å²) in [7, 11) is 1.61. The second-order valence-electron chi connectivity index (χ2n) is 5.19. The molecule has 1 aromatic rings. The summed E-state index contributed by atoms with van der Waals surface area (Å²) < 4.78 is 0. The maximum Gasteiger partial charge on any atom is 0.242 e. The highest BCUT2D eigenvalue weighted by molar-refractivity contribution is 5.86. The van der Waals surface area contributed by atoms with Crippen molar-refractivity contribution >= 4 is 11.8 Å². The molecule has 2 N–H and O–H groups in total. The third-order valence-corrected chi connectivity index (χ3v) is 3.60. The molecular weight excluding hydrogens is 270 g/mol. The Kier molecular flexibility index (Phi) is 5.16. The number of phenols is 1. The second kappa shape index (κ2) is 7.08. The zero-order chi connectivity index (χ0) is 15.2. The van der Waals surface area contributed by atoms with Crippen LogP contribution in [-0.2, 0) is 16.0 Å². The SMILES string of the molecule is CN(CC(=O)N1CCNCC1)C(=O)Cc1ccccc1O. The largest absolute Gasteiger partial charge is 0.508 e. The average molecular weight is 291 g/mol. The Bertz CT molecular complexity index is 513. The molecule has 0 radical (unpaired) electrons. The van der Waals surface area contributed by atoms with E-state index in [0.29, 0.717) is 18.7 Å². The van der Waals surface area contributed by atoms with Crippen molar-refractivity contribution in [2.24, 2.45) is 0 Å². The van der Waals surface area contributed by atoms with Crippen LogP contribution in [-0.4, -0.2) is 66.5 Å². The molecule has 1 aliphatic rings. The van der Waals surface area contributed by atoms with Gasteiger partial charge in [0.25, 0.3) is 0 Å². The van der Waals surface area contributed by atoms with E-state index < -0.39 is 0 Å². The van der Waals surface area contributed by atoms with E-state index in [0.717, 1.165) is 13.1 Å². The summed E-state index contributed by atoms with van der Waals surface area (Å²) >= 11 is 0. The number of nitrogens with one attached hydrogen (secondary N) is 1. The average Bonchev–Trinajstić information content (AvgIpc) is 2.50. The zero-order valence-electron chi connectivity index (χ0n) is 12.2. The number of para-hydroxylation sites is 1. The molecule has 0 aromatic heterocycles. The van der Waals surface area contributed by atoms with Crippen molar-refractivity contribution in [2.75, 3.05) is 39.8 Å². The number of aromatic hydroxyl groups is 1. The first-order chi connectivity index (χ1) is 10.1. The van der Waals surface area contributed by atoms with Gasteiger partial charge in [-0.25, -0.2) is 0 Å². The second-order valence-corrected chi connectivity index (χ2v) is 5.19. The lowest BCUT2D eigenvalue weighted by Crippen LogP contribution is -2.49. The van der Waals surface area contributed by atoms with Gasteiger partial charge >= 0.3 is 0 Å². The number of rotatable bonds is 4. The Hall–Kier alpha value is -2.08. The minimum absolute atomic E-state index is 0.0374. The van der Waals surface area contributed by atoms with Gasteiger partial charge < -0.3 is 20.2 Å². The molecule has 1 fully saturated rings. The minimum atomic E-state index is -0.181. The molecule has 114 valence electrons. The molecule has 0 aliphatic carbocycles. The first kappa shape index (κ1) is 15.3. The number of hydrogen-bond donors (Lipinski definition) is 2. The molecule has 21 heavy (non-hydrogen) atoms. The highest BCUT2D eigenvalue weighted by atomic mass is 16.3. The highest BCUT2D eigenvalue weighted by Gasteiger charge is 2.20. The van der Waals surface area contributed by atoms with E-state index in [1.165, 1.54) is 4.90 Å². The van der Waals surface area contributed by atoms with E-state index in [4.69, 9.17) is 0 Å². The zero-order valence-corrected chi connectivity index (χ0v) is 12.2. The van der Waals surface area contributed by atoms with Crippen LogP contribution in [0.3, 0.4) is 0 Å². The molecule has 2 amide bonds. The van der Waals surface area contributed by atoms with Gasteiger partial charge in [0.2, 0.25) is 11.8 Å². The van der Waals surface area contributed by atoms with Gasteiger partial charge in [0, 0.05) is 38.8 Å². The number of phenolic OH excluding ortho intramolecular Hbond substituents is 1. The Morgan fingerprint density at radius 2 is 1.95 bits per heavy atom. The van der Waals surface area contributed by atoms with Crippen LogP contribution in [0.15, 0.2) is 24.3 Å². The van der Waals surface area contributed by atoms with E-state index in [9.17, 15) is 14.7 Å². The molecule has 0 bridgehead atoms. The van der Waals surface area contributed by atoms with Gasteiger partial charge in [-0.05, 0) is 6.07 Å². The molecule has 1 aromatic carbocycles. The molecule has 0 spiro atoms. The van der Waals surface area contributed by atoms with Crippen molar-refractivity contribution in [3.8, 4) is 5.75 Å². The quantitative estimate of drug-likeness (QED) is 0.807. The fraction of sp³-hybridized carbons (Fsp3) is 0.467. The fourth-order valence-corrected chi connectivity index (χ4v) is 2.26. The molecule has 6 heteroatoms. The molecule has 0 unspecified atom stereocenters. The topological polar surface area (TPSA) is 72.9 Å². The summed E-state index contributed by atoms with van der Waals surface area (Å²) in [6, 6.07) is 6.74. The third kappa shape index (κ3) is 4.19. The number of likely N-dealkylation sites (N-methyl/N-ethyl adjacent to an activating group) is 1. The molecule has 1 heterocycles. The molecule has 0 atom stereocenters. The minimum Gasteiger partial charge on any atom is -0.508 e. The maximum absolute atomic E-state index is 12.1. The van der Waals surface area contributed by atoms with E-state index in [-0.39, 0.29) is 30.5 Å². The van der Waals surface area contributed by atoms with Crippen LogP contribution < -0.4 is 5.32 Å². The van der Waals surface area contributed by atoms with Crippen LogP contribution in [0.4, 0.5) is 0 Å². The Morgan fingerprint density at radius 3 is 2.62 bits per heavy atom. The monoisotopic (exact) mass is 291 g/mol. The number of benzene rings is 1. The molecule has 0 saturated carbocycles. The summed E-state index contributed by atoms with van der Waals surface area (Å²) in [4.78, 5) is 27.4. The van der Waals surface area contributed by atoms with E-state index >= 15 is 0 Å². The third-order valence-electron chi connectivity index (χ3n) is 3.60. The molecular formula is C15H21N3O3. The van der Waals surface area contributed by atoms with Crippen molar-refractivity contribution in [3.63, 3.8) is 0 Å². The molecule has 6 nitrogen and oxygen atoms in total. The smallest absolute Gasteiger partial charge is 0.242 e. The van der Waals surface area contributed by atoms with Crippen molar-refractivity contribution in [3.05, 3.63) is 29.8 Å². The standard InChI is InChI=1S/C15H21N3O3/c1-17(11-15(21)18-8-6-16-7-9-18)14(20)10-12-4-2-3-5-13(12)19/h2-5,16,19H,6-11H2,1H3. The molecule has 2 rings (SSSR count). The first-order valence-corrected chi connectivity index (χ1v) is 7.07. The Morgan fingerprint density at radius 1 is 1.29 bits per heavy atom. The fourth-order valence-electron chi connectivity index (χ4n) is 2.26. The van der Waals surface area contributed by atoms with Crippen molar-refractivity contribution in [1.82, 2.24) is 15.1 Å². The summed E-state index contributed by atoms with van der Waals surface area (Å²) in [5, 5.41) is 12.9. The van der Waals surface area contributed by atoms with Gasteiger partial charge in [0.15, 0.2) is 0 Å². The van der Waals surface area contributed by atoms with Gasteiger partial charge in [-0.3, -0.25) is 9.59 Å². The number of carbonyl (C=O) groups excluding carboxylic acids is 2. The lowest BCUT2D eigenvalue weighted by molar-refractivity contribution is -0.139. The van der Waals surface area contributed by atoms with Gasteiger partial charge in [0.05, 0.1) is 13.0 Å². The van der Waals surface area contributed by atoms with Crippen LogP contribution in [0.2, 0.25) is 0 Å². The van der Waals surface area contributed by atoms with Crippen molar-refractivity contribution in [1.29, 1.82) is 0 Å². The van der Waals surface area contributed by atoms with Crippen LogP contribution in [0.5, 0.6) is 5.75 Å². The first-order valence-electron chi connectivity index (χ1n) is 7.07. The van der Waals surface area contributed by atoms with Crippen LogP contribution in [0.1, 0.15) is 5.56 Å². The predicted molar refractivity (Wildman–Crippen MR) is 78.9 cm³/mol. The lowest BCUT2D eigenvalue weighted by atomic mass is 10.1. The number of piperazine rings is 1. The van der Waals surface area contributed by atoms with E-state index in [1.54, 1.807) is 36.2 Å².